The molecule has 1 aromatic rings. The van der Waals surface area contributed by atoms with Crippen molar-refractivity contribution in [2.75, 3.05) is 13.1 Å². The molecule has 0 radical (unpaired) electrons. The highest BCUT2D eigenvalue weighted by molar-refractivity contribution is 5.96. The van der Waals surface area contributed by atoms with Crippen molar-refractivity contribution in [3.05, 3.63) is 29.6 Å². The highest BCUT2D eigenvalue weighted by Gasteiger charge is 2.16. The van der Waals surface area contributed by atoms with Crippen molar-refractivity contribution in [3.63, 3.8) is 0 Å². The molecule has 112 valence electrons. The van der Waals surface area contributed by atoms with Gasteiger partial charge in [0, 0.05) is 12.6 Å². The predicted molar refractivity (Wildman–Crippen MR) is 77.9 cm³/mol. The molecule has 3 N–H and O–H groups in total. The Morgan fingerprint density at radius 3 is 3.00 bits per heavy atom. The van der Waals surface area contributed by atoms with Gasteiger partial charge in [-0.2, -0.15) is 0 Å². The van der Waals surface area contributed by atoms with Crippen molar-refractivity contribution < 1.29 is 14.3 Å². The molecule has 0 bridgehead atoms. The van der Waals surface area contributed by atoms with Crippen LogP contribution in [0.25, 0.3) is 0 Å². The van der Waals surface area contributed by atoms with Crippen LogP contribution in [0.15, 0.2) is 18.2 Å². The molecule has 0 aromatic heterocycles. The largest absolute Gasteiger partial charge is 0.504 e. The summed E-state index contributed by atoms with van der Waals surface area (Å²) in [7, 11) is 0. The summed E-state index contributed by atoms with van der Waals surface area (Å²) >= 11 is 0. The minimum Gasteiger partial charge on any atom is -0.504 e. The molecular weight excluding hydrogens is 283 g/mol. The second-order valence-corrected chi connectivity index (χ2v) is 4.85. The van der Waals surface area contributed by atoms with Gasteiger partial charge in [-0.05, 0) is 31.5 Å². The second kappa shape index (κ2) is 8.07. The van der Waals surface area contributed by atoms with Crippen LogP contribution in [0.4, 0.5) is 4.39 Å². The quantitative estimate of drug-likeness (QED) is 0.802. The number of benzene rings is 1. The van der Waals surface area contributed by atoms with Crippen molar-refractivity contribution in [2.45, 2.75) is 31.7 Å². The highest BCUT2D eigenvalue weighted by Crippen LogP contribution is 2.20. The van der Waals surface area contributed by atoms with Crippen molar-refractivity contribution >= 4 is 18.3 Å². The molecular formula is C14H20ClFN2O2. The first-order valence-electron chi connectivity index (χ1n) is 6.67. The van der Waals surface area contributed by atoms with E-state index in [0.717, 1.165) is 31.9 Å². The van der Waals surface area contributed by atoms with Gasteiger partial charge in [0.25, 0.3) is 5.91 Å². The van der Waals surface area contributed by atoms with Gasteiger partial charge >= 0.3 is 0 Å². The van der Waals surface area contributed by atoms with E-state index in [1.807, 2.05) is 0 Å². The Morgan fingerprint density at radius 1 is 1.40 bits per heavy atom. The maximum Gasteiger partial charge on any atom is 0.255 e. The monoisotopic (exact) mass is 302 g/mol. The van der Waals surface area contributed by atoms with E-state index in [1.165, 1.54) is 18.6 Å². The summed E-state index contributed by atoms with van der Waals surface area (Å²) in [5.74, 6) is -1.81. The van der Waals surface area contributed by atoms with Gasteiger partial charge in [-0.15, -0.1) is 12.4 Å². The van der Waals surface area contributed by atoms with Gasteiger partial charge in [0.1, 0.15) is 0 Å². The Hall–Kier alpha value is -1.33. The number of halogens is 2. The molecule has 1 atom stereocenters. The molecule has 2 rings (SSSR count). The first kappa shape index (κ1) is 16.7. The molecule has 6 heteroatoms. The zero-order valence-electron chi connectivity index (χ0n) is 11.2. The van der Waals surface area contributed by atoms with Crippen molar-refractivity contribution in [1.82, 2.24) is 10.6 Å². The summed E-state index contributed by atoms with van der Waals surface area (Å²) in [6.45, 7) is 1.46. The van der Waals surface area contributed by atoms with Gasteiger partial charge in [-0.25, -0.2) is 4.39 Å². The van der Waals surface area contributed by atoms with E-state index in [9.17, 15) is 14.3 Å². The van der Waals surface area contributed by atoms with Crippen molar-refractivity contribution in [1.29, 1.82) is 0 Å². The van der Waals surface area contributed by atoms with Gasteiger partial charge in [0.15, 0.2) is 11.6 Å². The van der Waals surface area contributed by atoms with E-state index in [1.54, 1.807) is 0 Å². The Kier molecular flexibility index (Phi) is 6.75. The lowest BCUT2D eigenvalue weighted by molar-refractivity contribution is 0.0945. The Morgan fingerprint density at radius 2 is 2.20 bits per heavy atom. The van der Waals surface area contributed by atoms with Crippen LogP contribution in [0.1, 0.15) is 36.0 Å². The summed E-state index contributed by atoms with van der Waals surface area (Å²) in [6, 6.07) is 4.20. The maximum atomic E-state index is 13.1. The number of hydrogen-bond acceptors (Lipinski definition) is 3. The third-order valence-electron chi connectivity index (χ3n) is 3.40. The standard InChI is InChI=1S/C14H19FN2O2.ClH/c15-12-7-4-6-11(13(12)18)14(19)17-9-10-5-2-1-3-8-16-10;/h4,6-7,10,16,18H,1-3,5,8-9H2,(H,17,19);1H. The Labute approximate surface area is 124 Å². The molecule has 1 fully saturated rings. The van der Waals surface area contributed by atoms with Crippen LogP contribution < -0.4 is 10.6 Å². The van der Waals surface area contributed by atoms with Crippen LogP contribution in [0.2, 0.25) is 0 Å². The van der Waals surface area contributed by atoms with Crippen LogP contribution in [0.5, 0.6) is 5.75 Å². The zero-order chi connectivity index (χ0) is 13.7. The third kappa shape index (κ3) is 4.35. The van der Waals surface area contributed by atoms with Gasteiger partial charge in [-0.1, -0.05) is 18.9 Å². The zero-order valence-corrected chi connectivity index (χ0v) is 12.0. The number of phenols is 1. The first-order chi connectivity index (χ1) is 9.18. The summed E-state index contributed by atoms with van der Waals surface area (Å²) in [4.78, 5) is 11.9. The van der Waals surface area contributed by atoms with E-state index < -0.39 is 17.5 Å². The van der Waals surface area contributed by atoms with E-state index in [4.69, 9.17) is 0 Å². The SMILES string of the molecule is Cl.O=C(NCC1CCCCCN1)c1cccc(F)c1O. The average Bonchev–Trinajstić information content (AvgIpc) is 2.68. The Balaban J connectivity index is 0.00000200. The number of carbonyl (C=O) groups excluding carboxylic acids is 1. The van der Waals surface area contributed by atoms with Crippen LogP contribution in [-0.2, 0) is 0 Å². The topological polar surface area (TPSA) is 61.4 Å². The van der Waals surface area contributed by atoms with Gasteiger partial charge in [0.05, 0.1) is 5.56 Å². The average molecular weight is 303 g/mol. The van der Waals surface area contributed by atoms with E-state index in [0.29, 0.717) is 6.54 Å². The molecule has 1 aliphatic heterocycles. The third-order valence-corrected chi connectivity index (χ3v) is 3.40. The lowest BCUT2D eigenvalue weighted by Gasteiger charge is -2.16. The summed E-state index contributed by atoms with van der Waals surface area (Å²) in [5, 5.41) is 15.6. The Bertz CT molecular complexity index is 449. The lowest BCUT2D eigenvalue weighted by atomic mass is 10.1. The first-order valence-corrected chi connectivity index (χ1v) is 6.67. The van der Waals surface area contributed by atoms with Crippen LogP contribution in [0.3, 0.4) is 0 Å². The van der Waals surface area contributed by atoms with Crippen molar-refractivity contribution in [3.8, 4) is 5.75 Å². The number of rotatable bonds is 3. The number of hydrogen-bond donors (Lipinski definition) is 3. The van der Waals surface area contributed by atoms with E-state index in [-0.39, 0.29) is 24.0 Å². The van der Waals surface area contributed by atoms with Crippen LogP contribution in [-0.4, -0.2) is 30.1 Å². The molecule has 1 heterocycles. The molecule has 4 nitrogen and oxygen atoms in total. The summed E-state index contributed by atoms with van der Waals surface area (Å²) in [6.07, 6.45) is 4.55. The molecule has 0 spiro atoms. The molecule has 1 aromatic carbocycles. The smallest absolute Gasteiger partial charge is 0.255 e. The van der Waals surface area contributed by atoms with Gasteiger partial charge in [0.2, 0.25) is 0 Å². The minimum atomic E-state index is -0.778. The number of carbonyl (C=O) groups is 1. The van der Waals surface area contributed by atoms with E-state index in [2.05, 4.69) is 10.6 Å². The second-order valence-electron chi connectivity index (χ2n) is 4.85. The van der Waals surface area contributed by atoms with Crippen LogP contribution >= 0.6 is 12.4 Å². The molecule has 1 aliphatic rings. The lowest BCUT2D eigenvalue weighted by Crippen LogP contribution is -2.40. The number of phenolic OH excluding ortho intramolecular Hbond substituents is 1. The van der Waals surface area contributed by atoms with Gasteiger partial charge < -0.3 is 15.7 Å². The molecule has 20 heavy (non-hydrogen) atoms. The summed E-state index contributed by atoms with van der Waals surface area (Å²) < 4.78 is 13.1. The fourth-order valence-electron chi connectivity index (χ4n) is 2.28. The van der Waals surface area contributed by atoms with Crippen LogP contribution in [0, 0.1) is 5.82 Å². The molecule has 1 unspecified atom stereocenters. The molecule has 0 aliphatic carbocycles. The maximum absolute atomic E-state index is 13.1. The number of aromatic hydroxyl groups is 1. The fourth-order valence-corrected chi connectivity index (χ4v) is 2.28. The normalized spacial score (nSPS) is 18.8. The van der Waals surface area contributed by atoms with E-state index >= 15 is 0 Å². The highest BCUT2D eigenvalue weighted by atomic mass is 35.5. The molecule has 1 amide bonds. The number of amides is 1. The predicted octanol–water partition coefficient (Wildman–Crippen LogP) is 2.22. The number of nitrogens with one attached hydrogen (secondary N) is 2. The van der Waals surface area contributed by atoms with Crippen molar-refractivity contribution in [2.24, 2.45) is 0 Å². The molecule has 0 saturated carbocycles. The number of para-hydroxylation sites is 1. The summed E-state index contributed by atoms with van der Waals surface area (Å²) in [5.41, 5.74) is -0.0198. The fraction of sp³-hybridized carbons (Fsp3) is 0.500. The molecule has 1 saturated heterocycles. The minimum absolute atomic E-state index is 0. The van der Waals surface area contributed by atoms with Gasteiger partial charge in [-0.3, -0.25) is 4.79 Å².